The van der Waals surface area contributed by atoms with Crippen LogP contribution in [0, 0.1) is 16.0 Å². The fraction of sp³-hybridized carbons (Fsp3) is 0.667. The lowest BCUT2D eigenvalue weighted by Gasteiger charge is -2.37. The highest BCUT2D eigenvalue weighted by Gasteiger charge is 2.34. The molecule has 0 unspecified atom stereocenters. The smallest absolute Gasteiger partial charge is 0.270 e. The van der Waals surface area contributed by atoms with Gasteiger partial charge in [-0.15, -0.1) is 0 Å². The topological polar surface area (TPSA) is 121 Å². The van der Waals surface area contributed by atoms with Gasteiger partial charge in [0, 0.05) is 53.5 Å². The van der Waals surface area contributed by atoms with Gasteiger partial charge in [0.25, 0.3) is 11.6 Å². The van der Waals surface area contributed by atoms with Crippen LogP contribution in [-0.2, 0) is 19.0 Å². The molecule has 2 bridgehead atoms. The second-order valence-corrected chi connectivity index (χ2v) is 9.19. The van der Waals surface area contributed by atoms with Crippen molar-refractivity contribution >= 4 is 17.5 Å². The van der Waals surface area contributed by atoms with Crippen LogP contribution in [0.25, 0.3) is 0 Å². The molecule has 3 rings (SSSR count). The molecule has 0 spiro atoms. The lowest BCUT2D eigenvalue weighted by atomic mass is 9.98. The van der Waals surface area contributed by atoms with Gasteiger partial charge >= 0.3 is 0 Å². The molecule has 194 valence electrons. The molecule has 0 aromatic heterocycles. The van der Waals surface area contributed by atoms with Gasteiger partial charge in [-0.25, -0.2) is 0 Å². The molecule has 2 aliphatic heterocycles. The predicted octanol–water partition coefficient (Wildman–Crippen LogP) is 2.12. The first kappa shape index (κ1) is 26.8. The van der Waals surface area contributed by atoms with E-state index in [4.69, 9.17) is 18.9 Å². The van der Waals surface area contributed by atoms with Crippen LogP contribution in [0.4, 0.5) is 5.69 Å². The van der Waals surface area contributed by atoms with Gasteiger partial charge in [0.1, 0.15) is 18.5 Å². The molecule has 2 amide bonds. The van der Waals surface area contributed by atoms with Gasteiger partial charge in [0.05, 0.1) is 34.7 Å². The second kappa shape index (κ2) is 11.8. The highest BCUT2D eigenvalue weighted by atomic mass is 16.6. The monoisotopic (exact) mass is 493 g/mol. The van der Waals surface area contributed by atoms with Gasteiger partial charge < -0.3 is 28.7 Å². The van der Waals surface area contributed by atoms with Crippen LogP contribution in [0.3, 0.4) is 0 Å². The molecular formula is C24H35N3O8. The molecule has 35 heavy (non-hydrogen) atoms. The number of nitro benzene ring substituents is 1. The van der Waals surface area contributed by atoms with Crippen molar-refractivity contribution in [3.05, 3.63) is 33.9 Å². The van der Waals surface area contributed by atoms with Gasteiger partial charge in [0.2, 0.25) is 5.91 Å². The van der Waals surface area contributed by atoms with E-state index in [-0.39, 0.29) is 54.4 Å². The van der Waals surface area contributed by atoms with Gasteiger partial charge in [-0.1, -0.05) is 6.92 Å². The van der Waals surface area contributed by atoms with E-state index in [9.17, 15) is 19.7 Å². The number of hydrogen-bond donors (Lipinski definition) is 0. The fourth-order valence-corrected chi connectivity index (χ4v) is 4.61. The summed E-state index contributed by atoms with van der Waals surface area (Å²) < 4.78 is 23.4. The summed E-state index contributed by atoms with van der Waals surface area (Å²) in [7, 11) is 6.43. The number of rotatable bonds is 3. The molecule has 0 radical (unpaired) electrons. The van der Waals surface area contributed by atoms with Crippen molar-refractivity contribution in [3.63, 3.8) is 0 Å². The van der Waals surface area contributed by atoms with Crippen LogP contribution in [0.5, 0.6) is 5.75 Å². The van der Waals surface area contributed by atoms with Crippen molar-refractivity contribution < 1.29 is 33.5 Å². The number of hydrogen-bond acceptors (Lipinski definition) is 8. The third-order valence-electron chi connectivity index (χ3n) is 6.88. The molecule has 2 aliphatic rings. The number of carbonyl (C=O) groups is 2. The molecule has 1 aromatic carbocycles. The van der Waals surface area contributed by atoms with Crippen molar-refractivity contribution in [2.24, 2.45) is 5.92 Å². The highest BCUT2D eigenvalue weighted by molar-refractivity contribution is 5.97. The van der Waals surface area contributed by atoms with Gasteiger partial charge in [0.15, 0.2) is 0 Å². The number of carbonyl (C=O) groups excluding carboxylic acids is 2. The van der Waals surface area contributed by atoms with Crippen LogP contribution in [0.2, 0.25) is 0 Å². The molecule has 1 fully saturated rings. The second-order valence-electron chi connectivity index (χ2n) is 9.19. The summed E-state index contributed by atoms with van der Waals surface area (Å²) in [6, 6.07) is 3.94. The molecular weight excluding hydrogens is 458 g/mol. The van der Waals surface area contributed by atoms with Crippen LogP contribution < -0.4 is 4.74 Å². The summed E-state index contributed by atoms with van der Waals surface area (Å²) in [5.41, 5.74) is -0.165. The highest BCUT2D eigenvalue weighted by Crippen LogP contribution is 2.29. The van der Waals surface area contributed by atoms with Crippen LogP contribution in [0.15, 0.2) is 18.2 Å². The first-order chi connectivity index (χ1) is 16.7. The number of benzene rings is 1. The molecule has 0 aliphatic carbocycles. The largest absolute Gasteiger partial charge is 0.490 e. The summed E-state index contributed by atoms with van der Waals surface area (Å²) in [5.74, 6) is -0.854. The number of methoxy groups -OCH3 is 2. The number of likely N-dealkylation sites (N-methyl/N-ethyl adjacent to an activating group) is 1. The van der Waals surface area contributed by atoms with E-state index in [1.165, 1.54) is 30.2 Å². The van der Waals surface area contributed by atoms with E-state index in [0.717, 1.165) is 12.8 Å². The average Bonchev–Trinajstić information content (AvgIpc) is 2.86. The van der Waals surface area contributed by atoms with Crippen molar-refractivity contribution in [1.82, 2.24) is 9.80 Å². The summed E-state index contributed by atoms with van der Waals surface area (Å²) in [6.07, 6.45) is 1.01. The molecule has 2 heterocycles. The Morgan fingerprint density at radius 2 is 1.77 bits per heavy atom. The standard InChI is InChI=1S/C24H35N3O8/c1-15-21(33-5)13-26(3)24(29)18-12-16(27(30)31)6-8-19(18)34-14-22-20(32-4)9-7-17(35-22)10-11-25(2)23(15)28/h6,8,12,15,17,20-22H,7,9-11,13-14H2,1-5H3/t15-,17-,20-,21-,22-/m0/s1. The number of fused-ring (bicyclic) bond motifs is 3. The zero-order valence-corrected chi connectivity index (χ0v) is 21.0. The van der Waals surface area contributed by atoms with Crippen molar-refractivity contribution in [3.8, 4) is 5.75 Å². The molecule has 11 heteroatoms. The van der Waals surface area contributed by atoms with Gasteiger partial charge in [-0.05, 0) is 25.3 Å². The van der Waals surface area contributed by atoms with Crippen molar-refractivity contribution in [2.75, 3.05) is 48.0 Å². The summed E-state index contributed by atoms with van der Waals surface area (Å²) in [6.45, 7) is 2.53. The Morgan fingerprint density at radius 1 is 1.06 bits per heavy atom. The van der Waals surface area contributed by atoms with E-state index in [2.05, 4.69) is 0 Å². The molecule has 0 N–H and O–H groups in total. The Balaban J connectivity index is 1.98. The molecule has 11 nitrogen and oxygen atoms in total. The fourth-order valence-electron chi connectivity index (χ4n) is 4.61. The Hall–Kier alpha value is -2.76. The zero-order chi connectivity index (χ0) is 25.7. The lowest BCUT2D eigenvalue weighted by molar-refractivity contribution is -0.384. The first-order valence-electron chi connectivity index (χ1n) is 11.8. The summed E-state index contributed by atoms with van der Waals surface area (Å²) in [5, 5.41) is 11.4. The van der Waals surface area contributed by atoms with Crippen LogP contribution >= 0.6 is 0 Å². The predicted molar refractivity (Wildman–Crippen MR) is 126 cm³/mol. The van der Waals surface area contributed by atoms with E-state index < -0.39 is 22.9 Å². The third kappa shape index (κ3) is 6.28. The van der Waals surface area contributed by atoms with Crippen LogP contribution in [0.1, 0.15) is 36.5 Å². The minimum absolute atomic E-state index is 0.0565. The lowest BCUT2D eigenvalue weighted by Crippen LogP contribution is -2.47. The maximum Gasteiger partial charge on any atom is 0.270 e. The normalized spacial score (nSPS) is 28.9. The average molecular weight is 494 g/mol. The van der Waals surface area contributed by atoms with Gasteiger partial charge in [-0.2, -0.15) is 0 Å². The maximum absolute atomic E-state index is 13.4. The number of nitro groups is 1. The summed E-state index contributed by atoms with van der Waals surface area (Å²) in [4.78, 5) is 40.3. The zero-order valence-electron chi connectivity index (χ0n) is 21.0. The Kier molecular flexibility index (Phi) is 9.03. The molecule has 1 aromatic rings. The van der Waals surface area contributed by atoms with Crippen LogP contribution in [-0.4, -0.2) is 99.0 Å². The van der Waals surface area contributed by atoms with Gasteiger partial charge in [-0.3, -0.25) is 19.7 Å². The number of non-ortho nitro benzene ring substituents is 1. The minimum Gasteiger partial charge on any atom is -0.490 e. The quantitative estimate of drug-likeness (QED) is 0.464. The van der Waals surface area contributed by atoms with E-state index in [1.807, 2.05) is 0 Å². The Bertz CT molecular complexity index is 926. The molecule has 1 saturated heterocycles. The van der Waals surface area contributed by atoms with E-state index in [0.29, 0.717) is 13.0 Å². The number of nitrogens with zero attached hydrogens (tertiary/aromatic N) is 3. The maximum atomic E-state index is 13.4. The minimum atomic E-state index is -0.562. The van der Waals surface area contributed by atoms with E-state index >= 15 is 0 Å². The molecule has 0 saturated carbocycles. The van der Waals surface area contributed by atoms with Crippen molar-refractivity contribution in [2.45, 2.75) is 50.6 Å². The Morgan fingerprint density at radius 3 is 2.43 bits per heavy atom. The Labute approximate surface area is 205 Å². The molecule has 5 atom stereocenters. The SMILES string of the molecule is CO[C@H]1CC[C@H]2CCN(C)C(=O)[C@@H](C)[C@@H](OC)CN(C)C(=O)c3cc([N+](=O)[O-])ccc3OC[C@@H]1O2. The third-order valence-corrected chi connectivity index (χ3v) is 6.88. The first-order valence-corrected chi connectivity index (χ1v) is 11.8. The van der Waals surface area contributed by atoms with Crippen molar-refractivity contribution in [1.29, 1.82) is 0 Å². The van der Waals surface area contributed by atoms with E-state index in [1.54, 1.807) is 33.0 Å². The number of amides is 2. The summed E-state index contributed by atoms with van der Waals surface area (Å²) >= 11 is 0. The number of ether oxygens (including phenoxy) is 4.